The first-order valence-electron chi connectivity index (χ1n) is 21.6. The van der Waals surface area contributed by atoms with Crippen LogP contribution in [0.25, 0.3) is 111 Å². The molecule has 0 saturated carbocycles. The van der Waals surface area contributed by atoms with Crippen molar-refractivity contribution < 1.29 is 11.3 Å². The first kappa shape index (κ1) is 28.1. The van der Waals surface area contributed by atoms with Gasteiger partial charge in [0.05, 0.1) is 51.9 Å². The molecule has 0 aliphatic carbocycles. The van der Waals surface area contributed by atoms with E-state index in [2.05, 4.69) is 75.9 Å². The molecule has 0 atom stereocenters. The Morgan fingerprint density at radius 1 is 0.508 bits per heavy atom. The highest BCUT2D eigenvalue weighted by atomic mass is 16.3. The fourth-order valence-electron chi connectivity index (χ4n) is 8.59. The third kappa shape index (κ3) is 4.97. The molecule has 0 spiro atoms. The zero-order valence-corrected chi connectivity index (χ0v) is 31.0. The Morgan fingerprint density at radius 3 is 2.00 bits per heavy atom. The van der Waals surface area contributed by atoms with Crippen molar-refractivity contribution in [1.29, 1.82) is 5.26 Å². The van der Waals surface area contributed by atoms with Gasteiger partial charge in [0.25, 0.3) is 0 Å². The number of para-hydroxylation sites is 4. The van der Waals surface area contributed by atoms with Crippen molar-refractivity contribution in [3.8, 4) is 51.6 Å². The van der Waals surface area contributed by atoms with Crippen LogP contribution in [0, 0.1) is 11.3 Å². The standard InChI is InChI=1S/C52H30N6O/c53-31-32-26-28-43(40(30-32)52-55-50(33-14-3-1-4-15-33)54-51(56-52)34-16-5-2-6-17-34)58-41-22-10-7-18-35(41)37-27-29-44-47(48(37)58)39-20-8-11-23-42(39)57(44)45-24-13-21-38-36-19-9-12-25-46(36)59-49(38)45/h1-30H/i1D,3D,4D,14D,15D. The maximum atomic E-state index is 10.4. The summed E-state index contributed by atoms with van der Waals surface area (Å²) in [4.78, 5) is 14.7. The maximum Gasteiger partial charge on any atom is 0.166 e. The van der Waals surface area contributed by atoms with Gasteiger partial charge in [-0.15, -0.1) is 0 Å². The van der Waals surface area contributed by atoms with E-state index in [0.29, 0.717) is 22.4 Å². The second-order valence-electron chi connectivity index (χ2n) is 14.3. The molecule has 0 unspecified atom stereocenters. The third-order valence-electron chi connectivity index (χ3n) is 11.1. The van der Waals surface area contributed by atoms with Crippen LogP contribution in [0.4, 0.5) is 0 Å². The van der Waals surface area contributed by atoms with Crippen LogP contribution in [-0.4, -0.2) is 24.1 Å². The molecule has 7 nitrogen and oxygen atoms in total. The molecule has 274 valence electrons. The average Bonchev–Trinajstić information content (AvgIpc) is 4.01. The summed E-state index contributed by atoms with van der Waals surface area (Å²) in [6.07, 6.45) is 0. The highest BCUT2D eigenvalue weighted by molar-refractivity contribution is 6.26. The number of furan rings is 1. The lowest BCUT2D eigenvalue weighted by Gasteiger charge is -2.15. The summed E-state index contributed by atoms with van der Waals surface area (Å²) in [5.41, 5.74) is 8.21. The van der Waals surface area contributed by atoms with Gasteiger partial charge < -0.3 is 13.6 Å². The van der Waals surface area contributed by atoms with Crippen LogP contribution in [0.1, 0.15) is 12.4 Å². The van der Waals surface area contributed by atoms with Crippen LogP contribution in [0.2, 0.25) is 0 Å². The van der Waals surface area contributed by atoms with Gasteiger partial charge >= 0.3 is 0 Å². The quantitative estimate of drug-likeness (QED) is 0.174. The molecule has 0 N–H and O–H groups in total. The lowest BCUT2D eigenvalue weighted by molar-refractivity contribution is 0.666. The number of aromatic nitrogens is 5. The summed E-state index contributed by atoms with van der Waals surface area (Å²) in [6.45, 7) is 0. The largest absolute Gasteiger partial charge is 0.454 e. The highest BCUT2D eigenvalue weighted by Gasteiger charge is 2.25. The molecule has 59 heavy (non-hydrogen) atoms. The minimum Gasteiger partial charge on any atom is -0.454 e. The molecule has 0 radical (unpaired) electrons. The van der Waals surface area contributed by atoms with E-state index in [4.69, 9.17) is 26.2 Å². The van der Waals surface area contributed by atoms with Crippen molar-refractivity contribution in [3.05, 3.63) is 187 Å². The number of fused-ring (bicyclic) bond motifs is 10. The summed E-state index contributed by atoms with van der Waals surface area (Å²) in [6, 6.07) is 49.7. The van der Waals surface area contributed by atoms with Crippen LogP contribution >= 0.6 is 0 Å². The molecule has 0 aliphatic heterocycles. The van der Waals surface area contributed by atoms with E-state index in [1.807, 2.05) is 78.9 Å². The first-order valence-corrected chi connectivity index (χ1v) is 19.1. The van der Waals surface area contributed by atoms with E-state index in [1.165, 1.54) is 0 Å². The van der Waals surface area contributed by atoms with E-state index in [9.17, 15) is 5.26 Å². The fourth-order valence-corrected chi connectivity index (χ4v) is 8.59. The molecule has 8 aromatic carbocycles. The Kier molecular flexibility index (Phi) is 6.12. The minimum absolute atomic E-state index is 0.0957. The molecule has 12 rings (SSSR count). The van der Waals surface area contributed by atoms with Crippen LogP contribution in [0.3, 0.4) is 0 Å². The number of rotatable bonds is 5. The van der Waals surface area contributed by atoms with Gasteiger partial charge in [-0.05, 0) is 48.5 Å². The van der Waals surface area contributed by atoms with Gasteiger partial charge in [0.15, 0.2) is 23.1 Å². The van der Waals surface area contributed by atoms with Gasteiger partial charge in [0.1, 0.15) is 5.58 Å². The molecule has 12 aromatic rings. The topological polar surface area (TPSA) is 85.5 Å². The number of nitriles is 1. The van der Waals surface area contributed by atoms with Crippen molar-refractivity contribution >= 4 is 65.6 Å². The van der Waals surface area contributed by atoms with E-state index < -0.39 is 30.2 Å². The lowest BCUT2D eigenvalue weighted by Crippen LogP contribution is -2.04. The van der Waals surface area contributed by atoms with Gasteiger partial charge in [-0.2, -0.15) is 5.26 Å². The first-order chi connectivity index (χ1) is 31.3. The fraction of sp³-hybridized carbons (Fsp3) is 0. The van der Waals surface area contributed by atoms with Crippen molar-refractivity contribution in [2.45, 2.75) is 0 Å². The minimum atomic E-state index is -0.520. The SMILES string of the molecule is [2H]c1c([2H])c([2H])c(-c2nc(-c3ccccc3)nc(-c3cc(C#N)ccc3-n3c4ccccc4c4ccc5c(c6ccccc6n5-c5cccc6c5oc5ccccc56)c43)n2)c([2H])c1[2H]. The number of nitrogens with zero attached hydrogens (tertiary/aromatic N) is 6. The molecule has 4 heterocycles. The number of benzene rings is 8. The summed E-state index contributed by atoms with van der Waals surface area (Å²) in [7, 11) is 0. The molecule has 0 amide bonds. The zero-order chi connectivity index (χ0) is 43.4. The van der Waals surface area contributed by atoms with Gasteiger partial charge in [-0.25, -0.2) is 15.0 Å². The molecule has 0 bridgehead atoms. The lowest BCUT2D eigenvalue weighted by atomic mass is 10.1. The highest BCUT2D eigenvalue weighted by Crippen LogP contribution is 2.45. The molecular weight excluding hydrogens is 725 g/mol. The summed E-state index contributed by atoms with van der Waals surface area (Å²) < 4.78 is 54.0. The number of hydrogen-bond donors (Lipinski definition) is 0. The van der Waals surface area contributed by atoms with Crippen molar-refractivity contribution in [1.82, 2.24) is 24.1 Å². The predicted molar refractivity (Wildman–Crippen MR) is 237 cm³/mol. The van der Waals surface area contributed by atoms with Gasteiger partial charge in [0.2, 0.25) is 0 Å². The zero-order valence-electron chi connectivity index (χ0n) is 36.0. The Labute approximate surface area is 344 Å². The normalized spacial score (nSPS) is 12.9. The van der Waals surface area contributed by atoms with E-state index in [-0.39, 0.29) is 23.0 Å². The van der Waals surface area contributed by atoms with Crippen molar-refractivity contribution in [2.75, 3.05) is 0 Å². The maximum absolute atomic E-state index is 10.4. The van der Waals surface area contributed by atoms with Crippen LogP contribution in [0.15, 0.2) is 186 Å². The van der Waals surface area contributed by atoms with Crippen LogP contribution in [0.5, 0.6) is 0 Å². The number of hydrogen-bond acceptors (Lipinski definition) is 5. The second kappa shape index (κ2) is 12.8. The van der Waals surface area contributed by atoms with Crippen molar-refractivity contribution in [3.63, 3.8) is 0 Å². The monoisotopic (exact) mass is 759 g/mol. The molecule has 0 aliphatic rings. The van der Waals surface area contributed by atoms with E-state index in [1.54, 1.807) is 12.1 Å². The second-order valence-corrected chi connectivity index (χ2v) is 14.3. The van der Waals surface area contributed by atoms with E-state index in [0.717, 1.165) is 71.2 Å². The predicted octanol–water partition coefficient (Wildman–Crippen LogP) is 12.8. The summed E-state index contributed by atoms with van der Waals surface area (Å²) in [5, 5.41) is 16.4. The Balaban J connectivity index is 1.20. The Hall–Kier alpha value is -8.34. The molecule has 0 fully saturated rings. The Bertz CT molecular complexity index is 3970. The smallest absolute Gasteiger partial charge is 0.166 e. The van der Waals surface area contributed by atoms with Gasteiger partial charge in [-0.3, -0.25) is 0 Å². The molecule has 4 aromatic heterocycles. The molecule has 7 heteroatoms. The van der Waals surface area contributed by atoms with Gasteiger partial charge in [-0.1, -0.05) is 133 Å². The summed E-state index contributed by atoms with van der Waals surface area (Å²) >= 11 is 0. The van der Waals surface area contributed by atoms with E-state index >= 15 is 0 Å². The van der Waals surface area contributed by atoms with Gasteiger partial charge in [0, 0.05) is 49.0 Å². The molecule has 0 saturated heterocycles. The van der Waals surface area contributed by atoms with Crippen LogP contribution < -0.4 is 0 Å². The third-order valence-corrected chi connectivity index (χ3v) is 11.1. The Morgan fingerprint density at radius 2 is 1.19 bits per heavy atom. The average molecular weight is 760 g/mol. The van der Waals surface area contributed by atoms with Crippen molar-refractivity contribution in [2.24, 2.45) is 0 Å². The van der Waals surface area contributed by atoms with Crippen LogP contribution in [-0.2, 0) is 0 Å². The summed E-state index contributed by atoms with van der Waals surface area (Å²) in [5.74, 6) is 0.287. The molecular formula is C52H30N6O.